The van der Waals surface area contributed by atoms with Crippen LogP contribution in [0, 0.1) is 0 Å². The van der Waals surface area contributed by atoms with Gasteiger partial charge in [-0.1, -0.05) is 28.1 Å². The standard InChI is InChI=1S/C15H14Br2N2O/c16-11-3-1-10(2-4-11)8-18-15(20)14-7-12(17)9-19(14)13-5-6-13/h1-4,7,9,13H,5-6,8H2,(H,18,20). The van der Waals surface area contributed by atoms with Crippen LogP contribution in [0.1, 0.15) is 34.9 Å². The van der Waals surface area contributed by atoms with Gasteiger partial charge in [0, 0.05) is 27.7 Å². The number of amides is 1. The molecule has 0 bridgehead atoms. The minimum absolute atomic E-state index is 0.0227. The highest BCUT2D eigenvalue weighted by Crippen LogP contribution is 2.37. The molecule has 1 aromatic carbocycles. The third kappa shape index (κ3) is 3.15. The summed E-state index contributed by atoms with van der Waals surface area (Å²) in [6.07, 6.45) is 4.31. The van der Waals surface area contributed by atoms with Crippen LogP contribution in [0.25, 0.3) is 0 Å². The lowest BCUT2D eigenvalue weighted by Crippen LogP contribution is -2.25. The molecule has 0 saturated heterocycles. The largest absolute Gasteiger partial charge is 0.347 e. The third-order valence-corrected chi connectivity index (χ3v) is 4.32. The molecule has 0 atom stereocenters. The van der Waals surface area contributed by atoms with E-state index in [4.69, 9.17) is 0 Å². The lowest BCUT2D eigenvalue weighted by molar-refractivity contribution is 0.0941. The Morgan fingerprint density at radius 2 is 1.90 bits per heavy atom. The van der Waals surface area contributed by atoms with Gasteiger partial charge in [-0.3, -0.25) is 4.79 Å². The maximum atomic E-state index is 12.3. The molecular formula is C15H14Br2N2O. The second-order valence-corrected chi connectivity index (χ2v) is 6.82. The predicted octanol–water partition coefficient (Wildman–Crippen LogP) is 4.28. The molecule has 3 nitrogen and oxygen atoms in total. The van der Waals surface area contributed by atoms with Gasteiger partial charge in [-0.15, -0.1) is 0 Å². The molecule has 0 radical (unpaired) electrons. The minimum Gasteiger partial charge on any atom is -0.347 e. The highest BCUT2D eigenvalue weighted by molar-refractivity contribution is 9.10. The first-order chi connectivity index (χ1) is 9.63. The normalized spacial score (nSPS) is 14.3. The second kappa shape index (κ2) is 5.74. The van der Waals surface area contributed by atoms with E-state index in [1.54, 1.807) is 0 Å². The van der Waals surface area contributed by atoms with Gasteiger partial charge >= 0.3 is 0 Å². The number of halogens is 2. The zero-order valence-electron chi connectivity index (χ0n) is 10.8. The van der Waals surface area contributed by atoms with Gasteiger partial charge < -0.3 is 9.88 Å². The Morgan fingerprint density at radius 1 is 1.20 bits per heavy atom. The van der Waals surface area contributed by atoms with Crippen molar-refractivity contribution in [3.63, 3.8) is 0 Å². The number of hydrogen-bond donors (Lipinski definition) is 1. The van der Waals surface area contributed by atoms with E-state index in [0.29, 0.717) is 12.6 Å². The van der Waals surface area contributed by atoms with E-state index < -0.39 is 0 Å². The van der Waals surface area contributed by atoms with Gasteiger partial charge in [0.25, 0.3) is 5.91 Å². The van der Waals surface area contributed by atoms with Gasteiger partial charge in [0.2, 0.25) is 0 Å². The molecule has 0 spiro atoms. The number of carbonyl (C=O) groups excluding carboxylic acids is 1. The summed E-state index contributed by atoms with van der Waals surface area (Å²) in [6, 6.07) is 10.3. The highest BCUT2D eigenvalue weighted by atomic mass is 79.9. The summed E-state index contributed by atoms with van der Waals surface area (Å²) >= 11 is 6.85. The van der Waals surface area contributed by atoms with Gasteiger partial charge in [0.1, 0.15) is 5.69 Å². The molecule has 1 aromatic heterocycles. The maximum Gasteiger partial charge on any atom is 0.268 e. The number of nitrogens with one attached hydrogen (secondary N) is 1. The Morgan fingerprint density at radius 3 is 2.55 bits per heavy atom. The van der Waals surface area contributed by atoms with E-state index in [9.17, 15) is 4.79 Å². The average Bonchev–Trinajstić information content (AvgIpc) is 3.20. The van der Waals surface area contributed by atoms with Crippen LogP contribution in [0.5, 0.6) is 0 Å². The number of rotatable bonds is 4. The molecule has 104 valence electrons. The second-order valence-electron chi connectivity index (χ2n) is 4.99. The Labute approximate surface area is 134 Å². The van der Waals surface area contributed by atoms with Gasteiger partial charge in [-0.2, -0.15) is 0 Å². The number of hydrogen-bond acceptors (Lipinski definition) is 1. The summed E-state index contributed by atoms with van der Waals surface area (Å²) in [7, 11) is 0. The number of carbonyl (C=O) groups is 1. The molecule has 1 fully saturated rings. The summed E-state index contributed by atoms with van der Waals surface area (Å²) in [4.78, 5) is 12.3. The Balaban J connectivity index is 1.68. The van der Waals surface area contributed by atoms with E-state index in [2.05, 4.69) is 41.7 Å². The lowest BCUT2D eigenvalue weighted by Gasteiger charge is -2.08. The molecular weight excluding hydrogens is 384 g/mol. The van der Waals surface area contributed by atoms with Crippen LogP contribution in [0.4, 0.5) is 0 Å². The van der Waals surface area contributed by atoms with Crippen molar-refractivity contribution in [2.24, 2.45) is 0 Å². The zero-order chi connectivity index (χ0) is 14.1. The molecule has 1 heterocycles. The molecule has 0 aliphatic heterocycles. The van der Waals surface area contributed by atoms with Crippen molar-refractivity contribution in [1.29, 1.82) is 0 Å². The van der Waals surface area contributed by atoms with Crippen LogP contribution in [0.2, 0.25) is 0 Å². The molecule has 1 saturated carbocycles. The fourth-order valence-electron chi connectivity index (χ4n) is 2.16. The van der Waals surface area contributed by atoms with E-state index in [-0.39, 0.29) is 5.91 Å². The van der Waals surface area contributed by atoms with Gasteiger partial charge in [0.15, 0.2) is 0 Å². The van der Waals surface area contributed by atoms with Crippen molar-refractivity contribution in [3.8, 4) is 0 Å². The Hall–Kier alpha value is -1.07. The van der Waals surface area contributed by atoms with Crippen molar-refractivity contribution in [3.05, 3.63) is 56.7 Å². The smallest absolute Gasteiger partial charge is 0.268 e. The highest BCUT2D eigenvalue weighted by Gasteiger charge is 2.27. The van der Waals surface area contributed by atoms with Crippen molar-refractivity contribution in [2.45, 2.75) is 25.4 Å². The fourth-order valence-corrected chi connectivity index (χ4v) is 2.86. The van der Waals surface area contributed by atoms with Crippen LogP contribution in [0.15, 0.2) is 45.5 Å². The van der Waals surface area contributed by atoms with Crippen LogP contribution in [-0.4, -0.2) is 10.5 Å². The summed E-state index contributed by atoms with van der Waals surface area (Å²) in [5.74, 6) is -0.0227. The monoisotopic (exact) mass is 396 g/mol. The fraction of sp³-hybridized carbons (Fsp3) is 0.267. The van der Waals surface area contributed by atoms with Crippen LogP contribution >= 0.6 is 31.9 Å². The van der Waals surface area contributed by atoms with Crippen LogP contribution in [0.3, 0.4) is 0 Å². The van der Waals surface area contributed by atoms with Crippen molar-refractivity contribution < 1.29 is 4.79 Å². The number of benzene rings is 1. The first kappa shape index (κ1) is 13.9. The van der Waals surface area contributed by atoms with E-state index in [1.165, 1.54) is 0 Å². The summed E-state index contributed by atoms with van der Waals surface area (Å²) in [5.41, 5.74) is 1.82. The molecule has 1 aliphatic carbocycles. The molecule has 3 rings (SSSR count). The molecule has 2 aromatic rings. The van der Waals surface area contributed by atoms with Crippen molar-refractivity contribution >= 4 is 37.8 Å². The Bertz CT molecular complexity index is 630. The quantitative estimate of drug-likeness (QED) is 0.820. The lowest BCUT2D eigenvalue weighted by atomic mass is 10.2. The minimum atomic E-state index is -0.0227. The summed E-state index contributed by atoms with van der Waals surface area (Å²) in [5, 5.41) is 2.98. The van der Waals surface area contributed by atoms with E-state index >= 15 is 0 Å². The maximum absolute atomic E-state index is 12.3. The van der Waals surface area contributed by atoms with Gasteiger partial charge in [-0.25, -0.2) is 0 Å². The molecule has 1 aliphatic rings. The molecule has 5 heteroatoms. The predicted molar refractivity (Wildman–Crippen MR) is 85.7 cm³/mol. The first-order valence-corrected chi connectivity index (χ1v) is 8.12. The Kier molecular flexibility index (Phi) is 3.98. The number of nitrogens with zero attached hydrogens (tertiary/aromatic N) is 1. The van der Waals surface area contributed by atoms with Crippen molar-refractivity contribution in [2.75, 3.05) is 0 Å². The molecule has 20 heavy (non-hydrogen) atoms. The number of aromatic nitrogens is 1. The SMILES string of the molecule is O=C(NCc1ccc(Br)cc1)c1cc(Br)cn1C1CC1. The molecule has 1 N–H and O–H groups in total. The summed E-state index contributed by atoms with van der Waals surface area (Å²) in [6.45, 7) is 0.541. The zero-order valence-corrected chi connectivity index (χ0v) is 13.9. The van der Waals surface area contributed by atoms with Crippen LogP contribution in [-0.2, 0) is 6.54 Å². The van der Waals surface area contributed by atoms with Crippen molar-refractivity contribution in [1.82, 2.24) is 9.88 Å². The van der Waals surface area contributed by atoms with E-state index in [0.717, 1.165) is 33.0 Å². The third-order valence-electron chi connectivity index (χ3n) is 3.35. The topological polar surface area (TPSA) is 34.0 Å². The van der Waals surface area contributed by atoms with Gasteiger partial charge in [0.05, 0.1) is 0 Å². The van der Waals surface area contributed by atoms with Crippen LogP contribution < -0.4 is 5.32 Å². The van der Waals surface area contributed by atoms with E-state index in [1.807, 2.05) is 36.5 Å². The van der Waals surface area contributed by atoms with Gasteiger partial charge in [-0.05, 0) is 52.5 Å². The average molecular weight is 398 g/mol. The molecule has 1 amide bonds. The first-order valence-electron chi connectivity index (χ1n) is 6.53. The molecule has 0 unspecified atom stereocenters. The summed E-state index contributed by atoms with van der Waals surface area (Å²) < 4.78 is 4.07.